The van der Waals surface area contributed by atoms with Crippen molar-refractivity contribution >= 4 is 0 Å². The minimum atomic E-state index is 0.559. The Kier molecular flexibility index (Phi) is 4.83. The van der Waals surface area contributed by atoms with Crippen LogP contribution in [0.25, 0.3) is 0 Å². The highest BCUT2D eigenvalue weighted by atomic mass is 15.3. The van der Waals surface area contributed by atoms with Crippen LogP contribution in [0, 0.1) is 5.92 Å². The number of nitrogens with two attached hydrogens (primary N) is 1. The second kappa shape index (κ2) is 6.17. The number of hydrogen-bond donors (Lipinski definition) is 1. The minimum Gasteiger partial charge on any atom is -0.329 e. The third-order valence-corrected chi connectivity index (χ3v) is 4.82. The molecule has 1 aliphatic heterocycles. The van der Waals surface area contributed by atoms with E-state index in [9.17, 15) is 0 Å². The standard InChI is InChI=1S/C14H29N3/c1-12-3-5-14(6-4-12)17-9-7-16(8-10-17)13(2)11-15/h12-14H,3-11,15H2,1-2H3. The van der Waals surface area contributed by atoms with Gasteiger partial charge in [0.25, 0.3) is 0 Å². The van der Waals surface area contributed by atoms with Crippen LogP contribution < -0.4 is 5.73 Å². The zero-order valence-corrected chi connectivity index (χ0v) is 11.6. The fourth-order valence-electron chi connectivity index (χ4n) is 3.30. The van der Waals surface area contributed by atoms with Crippen molar-refractivity contribution in [2.24, 2.45) is 11.7 Å². The van der Waals surface area contributed by atoms with Crippen molar-refractivity contribution < 1.29 is 0 Å². The average Bonchev–Trinajstić information content (AvgIpc) is 2.39. The van der Waals surface area contributed by atoms with Crippen LogP contribution in [-0.2, 0) is 0 Å². The van der Waals surface area contributed by atoms with E-state index in [0.29, 0.717) is 6.04 Å². The summed E-state index contributed by atoms with van der Waals surface area (Å²) in [5.74, 6) is 0.963. The molecule has 2 aliphatic rings. The lowest BCUT2D eigenvalue weighted by atomic mass is 9.86. The average molecular weight is 239 g/mol. The van der Waals surface area contributed by atoms with Gasteiger partial charge in [-0.25, -0.2) is 0 Å². The summed E-state index contributed by atoms with van der Waals surface area (Å²) >= 11 is 0. The monoisotopic (exact) mass is 239 g/mol. The zero-order valence-electron chi connectivity index (χ0n) is 11.6. The SMILES string of the molecule is CC1CCC(N2CCN(C(C)CN)CC2)CC1. The molecule has 2 rings (SSSR count). The molecule has 2 fully saturated rings. The Morgan fingerprint density at radius 2 is 1.65 bits per heavy atom. The lowest BCUT2D eigenvalue weighted by Crippen LogP contribution is -2.54. The molecular weight excluding hydrogens is 210 g/mol. The minimum absolute atomic E-state index is 0.559. The molecule has 0 aromatic carbocycles. The normalized spacial score (nSPS) is 34.8. The largest absolute Gasteiger partial charge is 0.329 e. The van der Waals surface area contributed by atoms with Gasteiger partial charge < -0.3 is 5.73 Å². The number of nitrogens with zero attached hydrogens (tertiary/aromatic N) is 2. The van der Waals surface area contributed by atoms with Crippen molar-refractivity contribution in [1.29, 1.82) is 0 Å². The molecule has 1 saturated carbocycles. The maximum absolute atomic E-state index is 5.74. The van der Waals surface area contributed by atoms with Gasteiger partial charge in [0.05, 0.1) is 0 Å². The summed E-state index contributed by atoms with van der Waals surface area (Å²) in [5, 5.41) is 0. The van der Waals surface area contributed by atoms with E-state index in [1.807, 2.05) is 0 Å². The van der Waals surface area contributed by atoms with Gasteiger partial charge in [-0.1, -0.05) is 6.92 Å². The molecule has 1 atom stereocenters. The Morgan fingerprint density at radius 3 is 2.18 bits per heavy atom. The fourth-order valence-corrected chi connectivity index (χ4v) is 3.30. The van der Waals surface area contributed by atoms with E-state index in [4.69, 9.17) is 5.73 Å². The van der Waals surface area contributed by atoms with E-state index >= 15 is 0 Å². The molecule has 1 saturated heterocycles. The predicted molar refractivity (Wildman–Crippen MR) is 73.1 cm³/mol. The topological polar surface area (TPSA) is 32.5 Å². The van der Waals surface area contributed by atoms with E-state index < -0.39 is 0 Å². The van der Waals surface area contributed by atoms with Crippen molar-refractivity contribution in [2.45, 2.75) is 51.6 Å². The van der Waals surface area contributed by atoms with Gasteiger partial charge in [0.15, 0.2) is 0 Å². The van der Waals surface area contributed by atoms with Gasteiger partial charge in [-0.3, -0.25) is 9.80 Å². The van der Waals surface area contributed by atoms with Crippen LogP contribution in [0.2, 0.25) is 0 Å². The molecule has 3 heteroatoms. The summed E-state index contributed by atoms with van der Waals surface area (Å²) in [6.07, 6.45) is 5.72. The molecule has 0 aromatic rings. The Balaban J connectivity index is 1.75. The fraction of sp³-hybridized carbons (Fsp3) is 1.00. The summed E-state index contributed by atoms with van der Waals surface area (Å²) in [5.41, 5.74) is 5.74. The molecule has 0 bridgehead atoms. The molecule has 1 aliphatic carbocycles. The van der Waals surface area contributed by atoms with Gasteiger partial charge in [-0.2, -0.15) is 0 Å². The molecule has 1 heterocycles. The van der Waals surface area contributed by atoms with Crippen LogP contribution in [0.5, 0.6) is 0 Å². The van der Waals surface area contributed by atoms with E-state index in [1.165, 1.54) is 51.9 Å². The summed E-state index contributed by atoms with van der Waals surface area (Å²) in [4.78, 5) is 5.27. The first kappa shape index (κ1) is 13.3. The Morgan fingerprint density at radius 1 is 1.06 bits per heavy atom. The molecule has 0 radical (unpaired) electrons. The Labute approximate surface area is 106 Å². The molecule has 0 amide bonds. The van der Waals surface area contributed by atoms with E-state index in [-0.39, 0.29) is 0 Å². The molecule has 1 unspecified atom stereocenters. The molecule has 3 nitrogen and oxygen atoms in total. The van der Waals surface area contributed by atoms with Crippen LogP contribution in [0.1, 0.15) is 39.5 Å². The first-order chi connectivity index (χ1) is 8.20. The van der Waals surface area contributed by atoms with Gasteiger partial charge in [0, 0.05) is 44.8 Å². The van der Waals surface area contributed by atoms with Crippen LogP contribution in [0.15, 0.2) is 0 Å². The smallest absolute Gasteiger partial charge is 0.0191 e. The van der Waals surface area contributed by atoms with Crippen molar-refractivity contribution in [3.05, 3.63) is 0 Å². The van der Waals surface area contributed by atoms with Gasteiger partial charge in [0.2, 0.25) is 0 Å². The number of rotatable bonds is 3. The highest BCUT2D eigenvalue weighted by Crippen LogP contribution is 2.27. The summed E-state index contributed by atoms with van der Waals surface area (Å²) in [7, 11) is 0. The lowest BCUT2D eigenvalue weighted by molar-refractivity contribution is 0.0569. The van der Waals surface area contributed by atoms with Crippen molar-refractivity contribution in [3.8, 4) is 0 Å². The van der Waals surface area contributed by atoms with Crippen molar-refractivity contribution in [3.63, 3.8) is 0 Å². The Bertz CT molecular complexity index is 216. The van der Waals surface area contributed by atoms with Crippen molar-refractivity contribution in [2.75, 3.05) is 32.7 Å². The highest BCUT2D eigenvalue weighted by molar-refractivity contribution is 4.83. The third kappa shape index (κ3) is 3.43. The summed E-state index contributed by atoms with van der Waals surface area (Å²) < 4.78 is 0. The first-order valence-corrected chi connectivity index (χ1v) is 7.39. The third-order valence-electron chi connectivity index (χ3n) is 4.82. The molecule has 17 heavy (non-hydrogen) atoms. The van der Waals surface area contributed by atoms with Gasteiger partial charge in [-0.05, 0) is 38.5 Å². The maximum Gasteiger partial charge on any atom is 0.0191 e. The molecular formula is C14H29N3. The zero-order chi connectivity index (χ0) is 12.3. The molecule has 100 valence electrons. The molecule has 0 aromatic heterocycles. The number of hydrogen-bond acceptors (Lipinski definition) is 3. The van der Waals surface area contributed by atoms with Crippen LogP contribution in [0.4, 0.5) is 0 Å². The molecule has 2 N–H and O–H groups in total. The van der Waals surface area contributed by atoms with Gasteiger partial charge >= 0.3 is 0 Å². The van der Waals surface area contributed by atoms with Gasteiger partial charge in [0.1, 0.15) is 0 Å². The second-order valence-electron chi connectivity index (χ2n) is 6.07. The number of piperazine rings is 1. The quantitative estimate of drug-likeness (QED) is 0.811. The Hall–Kier alpha value is -0.120. The second-order valence-corrected chi connectivity index (χ2v) is 6.07. The van der Waals surface area contributed by atoms with E-state index in [2.05, 4.69) is 23.6 Å². The summed E-state index contributed by atoms with van der Waals surface area (Å²) in [6.45, 7) is 10.4. The maximum atomic E-state index is 5.74. The van der Waals surface area contributed by atoms with Crippen LogP contribution in [-0.4, -0.2) is 54.6 Å². The lowest BCUT2D eigenvalue weighted by Gasteiger charge is -2.43. The summed E-state index contributed by atoms with van der Waals surface area (Å²) in [6, 6.07) is 1.44. The van der Waals surface area contributed by atoms with Gasteiger partial charge in [-0.15, -0.1) is 0 Å². The molecule has 0 spiro atoms. The first-order valence-electron chi connectivity index (χ1n) is 7.39. The predicted octanol–water partition coefficient (Wildman–Crippen LogP) is 1.53. The van der Waals surface area contributed by atoms with E-state index in [0.717, 1.165) is 18.5 Å². The van der Waals surface area contributed by atoms with E-state index in [1.54, 1.807) is 0 Å². The highest BCUT2D eigenvalue weighted by Gasteiger charge is 2.27. The van der Waals surface area contributed by atoms with Crippen molar-refractivity contribution in [1.82, 2.24) is 9.80 Å². The van der Waals surface area contributed by atoms with Crippen LogP contribution >= 0.6 is 0 Å². The van der Waals surface area contributed by atoms with Crippen LogP contribution in [0.3, 0.4) is 0 Å².